The summed E-state index contributed by atoms with van der Waals surface area (Å²) in [6.07, 6.45) is 3.12. The minimum Gasteiger partial charge on any atom is -0.493 e. The molecule has 0 atom stereocenters. The Morgan fingerprint density at radius 1 is 1.20 bits per heavy atom. The molecule has 0 fully saturated rings. The maximum atomic E-state index is 12.9. The lowest BCUT2D eigenvalue weighted by Gasteiger charge is -2.10. The van der Waals surface area contributed by atoms with E-state index in [4.69, 9.17) is 14.2 Å². The third-order valence-electron chi connectivity index (χ3n) is 5.87. The molecule has 9 nitrogen and oxygen atoms in total. The predicted molar refractivity (Wildman–Crippen MR) is 134 cm³/mol. The van der Waals surface area contributed by atoms with Crippen LogP contribution in [0.15, 0.2) is 46.8 Å². The Morgan fingerprint density at radius 2 is 2.03 bits per heavy atom. The zero-order valence-electron chi connectivity index (χ0n) is 19.4. The molecule has 35 heavy (non-hydrogen) atoms. The molecular weight excluding hydrogens is 468 g/mol. The Hall–Kier alpha value is -3.92. The second kappa shape index (κ2) is 9.75. The molecule has 2 aromatic heterocycles. The minimum absolute atomic E-state index is 0.151. The number of hydrogen-bond acceptors (Lipinski definition) is 8. The number of thiazole rings is 1. The molecule has 0 saturated carbocycles. The molecule has 0 bridgehead atoms. The van der Waals surface area contributed by atoms with E-state index in [1.54, 1.807) is 12.1 Å². The van der Waals surface area contributed by atoms with E-state index in [9.17, 15) is 9.59 Å². The summed E-state index contributed by atoms with van der Waals surface area (Å²) in [5, 5.41) is 5.76. The van der Waals surface area contributed by atoms with Gasteiger partial charge in [0.15, 0.2) is 16.6 Å². The number of aromatic nitrogens is 3. The van der Waals surface area contributed by atoms with Gasteiger partial charge in [-0.1, -0.05) is 0 Å². The lowest BCUT2D eigenvalue weighted by atomic mass is 10.1. The van der Waals surface area contributed by atoms with E-state index in [2.05, 4.69) is 21.4 Å². The standard InChI is InChI=1S/C25H24N4O5S/c1-32-21-11-17-18(12-22(21)33-2)26-14-29(24(17)31)8-3-4-23(30)28-25-27-19(13-35-25)15-5-6-20-16(10-15)7-9-34-20/h5-6,10-14H,3-4,7-9H2,1-2H3,(H,27,28,30). The van der Waals surface area contributed by atoms with Gasteiger partial charge in [-0.25, -0.2) is 9.97 Å². The molecule has 1 amide bonds. The van der Waals surface area contributed by atoms with Gasteiger partial charge in [0.25, 0.3) is 5.56 Å². The Kier molecular flexibility index (Phi) is 6.37. The summed E-state index contributed by atoms with van der Waals surface area (Å²) >= 11 is 1.38. The van der Waals surface area contributed by atoms with Crippen LogP contribution in [0.3, 0.4) is 0 Å². The Bertz CT molecular complexity index is 1460. The van der Waals surface area contributed by atoms with Crippen LogP contribution in [0, 0.1) is 0 Å². The molecule has 0 spiro atoms. The largest absolute Gasteiger partial charge is 0.493 e. The Morgan fingerprint density at radius 3 is 2.86 bits per heavy atom. The normalized spacial score (nSPS) is 12.3. The van der Waals surface area contributed by atoms with Crippen LogP contribution in [0.4, 0.5) is 5.13 Å². The highest BCUT2D eigenvalue weighted by molar-refractivity contribution is 7.14. The molecule has 5 rings (SSSR count). The van der Waals surface area contributed by atoms with Gasteiger partial charge in [0.05, 0.1) is 43.8 Å². The number of hydrogen-bond donors (Lipinski definition) is 1. The molecule has 1 aliphatic heterocycles. The van der Waals surface area contributed by atoms with Crippen LogP contribution >= 0.6 is 11.3 Å². The first-order chi connectivity index (χ1) is 17.1. The topological polar surface area (TPSA) is 105 Å². The monoisotopic (exact) mass is 492 g/mol. The third-order valence-corrected chi connectivity index (χ3v) is 6.63. The summed E-state index contributed by atoms with van der Waals surface area (Å²) in [6, 6.07) is 9.33. The summed E-state index contributed by atoms with van der Waals surface area (Å²) in [5.74, 6) is 1.75. The molecule has 3 heterocycles. The smallest absolute Gasteiger partial charge is 0.261 e. The predicted octanol–water partition coefficient (Wildman–Crippen LogP) is 3.89. The fourth-order valence-corrected chi connectivity index (χ4v) is 4.78. The van der Waals surface area contributed by atoms with Crippen molar-refractivity contribution >= 4 is 33.3 Å². The van der Waals surface area contributed by atoms with Gasteiger partial charge in [-0.15, -0.1) is 11.3 Å². The van der Waals surface area contributed by atoms with Crippen LogP contribution in [0.25, 0.3) is 22.2 Å². The molecular formula is C25H24N4O5S. The van der Waals surface area contributed by atoms with Crippen LogP contribution in [0.1, 0.15) is 18.4 Å². The van der Waals surface area contributed by atoms with E-state index in [1.807, 2.05) is 17.5 Å². The van der Waals surface area contributed by atoms with Crippen LogP contribution in [-0.4, -0.2) is 41.3 Å². The van der Waals surface area contributed by atoms with Crippen molar-refractivity contribution < 1.29 is 19.0 Å². The molecule has 0 aliphatic carbocycles. The number of anilines is 1. The number of benzene rings is 2. The zero-order chi connectivity index (χ0) is 24.4. The SMILES string of the molecule is COc1cc2ncn(CCCC(=O)Nc3nc(-c4ccc5c(c4)CCO5)cs3)c(=O)c2cc1OC. The second-order valence-electron chi connectivity index (χ2n) is 8.08. The molecule has 2 aromatic carbocycles. The van der Waals surface area contributed by atoms with Crippen LogP contribution in [0.2, 0.25) is 0 Å². The lowest BCUT2D eigenvalue weighted by Crippen LogP contribution is -2.22. The second-order valence-corrected chi connectivity index (χ2v) is 8.94. The highest BCUT2D eigenvalue weighted by Crippen LogP contribution is 2.32. The van der Waals surface area contributed by atoms with E-state index in [0.29, 0.717) is 47.1 Å². The molecule has 0 radical (unpaired) electrons. The van der Waals surface area contributed by atoms with Gasteiger partial charge in [0.2, 0.25) is 5.91 Å². The van der Waals surface area contributed by atoms with Gasteiger partial charge in [0.1, 0.15) is 5.75 Å². The zero-order valence-corrected chi connectivity index (χ0v) is 20.2. The van der Waals surface area contributed by atoms with Crippen molar-refractivity contribution in [1.29, 1.82) is 0 Å². The van der Waals surface area contributed by atoms with Crippen molar-refractivity contribution in [1.82, 2.24) is 14.5 Å². The van der Waals surface area contributed by atoms with Crippen molar-refractivity contribution in [2.75, 3.05) is 26.1 Å². The van der Waals surface area contributed by atoms with E-state index in [-0.39, 0.29) is 17.9 Å². The van der Waals surface area contributed by atoms with Crippen LogP contribution < -0.4 is 25.1 Å². The fraction of sp³-hybridized carbons (Fsp3) is 0.280. The summed E-state index contributed by atoms with van der Waals surface area (Å²) in [4.78, 5) is 34.2. The first-order valence-corrected chi connectivity index (χ1v) is 12.1. The summed E-state index contributed by atoms with van der Waals surface area (Å²) in [5.41, 5.74) is 3.33. The average Bonchev–Trinajstić information content (AvgIpc) is 3.53. The number of rotatable bonds is 8. The Balaban J connectivity index is 1.20. The minimum atomic E-state index is -0.194. The first-order valence-electron chi connectivity index (χ1n) is 11.2. The van der Waals surface area contributed by atoms with Crippen molar-refractivity contribution in [3.05, 3.63) is 58.0 Å². The highest BCUT2D eigenvalue weighted by atomic mass is 32.1. The molecule has 10 heteroatoms. The van der Waals surface area contributed by atoms with Crippen LogP contribution in [0.5, 0.6) is 17.2 Å². The van der Waals surface area contributed by atoms with Gasteiger partial charge in [0, 0.05) is 36.4 Å². The van der Waals surface area contributed by atoms with Gasteiger partial charge in [-0.2, -0.15) is 0 Å². The van der Waals surface area contributed by atoms with E-state index >= 15 is 0 Å². The fourth-order valence-electron chi connectivity index (χ4n) is 4.05. The number of nitrogens with one attached hydrogen (secondary N) is 1. The first kappa shape index (κ1) is 22.9. The number of aryl methyl sites for hydroxylation is 1. The summed E-state index contributed by atoms with van der Waals surface area (Å²) in [6.45, 7) is 1.07. The van der Waals surface area contributed by atoms with E-state index in [0.717, 1.165) is 23.4 Å². The molecule has 1 aliphatic rings. The lowest BCUT2D eigenvalue weighted by molar-refractivity contribution is -0.116. The molecule has 1 N–H and O–H groups in total. The highest BCUT2D eigenvalue weighted by Gasteiger charge is 2.15. The third kappa shape index (κ3) is 4.69. The van der Waals surface area contributed by atoms with E-state index in [1.165, 1.54) is 42.0 Å². The average molecular weight is 493 g/mol. The van der Waals surface area contributed by atoms with Crippen molar-refractivity contribution in [3.8, 4) is 28.5 Å². The summed E-state index contributed by atoms with van der Waals surface area (Å²) < 4.78 is 17.6. The number of ether oxygens (including phenoxy) is 3. The molecule has 0 saturated heterocycles. The summed E-state index contributed by atoms with van der Waals surface area (Å²) in [7, 11) is 3.05. The number of carbonyl (C=O) groups is 1. The van der Waals surface area contributed by atoms with Gasteiger partial charge in [-0.3, -0.25) is 14.2 Å². The maximum Gasteiger partial charge on any atom is 0.261 e. The van der Waals surface area contributed by atoms with Crippen molar-refractivity contribution in [3.63, 3.8) is 0 Å². The van der Waals surface area contributed by atoms with Crippen molar-refractivity contribution in [2.45, 2.75) is 25.8 Å². The number of methoxy groups -OCH3 is 2. The number of nitrogens with zero attached hydrogens (tertiary/aromatic N) is 3. The van der Waals surface area contributed by atoms with Crippen LogP contribution in [-0.2, 0) is 17.8 Å². The Labute approximate surface area is 205 Å². The van der Waals surface area contributed by atoms with E-state index < -0.39 is 0 Å². The number of amides is 1. The quantitative estimate of drug-likeness (QED) is 0.398. The maximum absolute atomic E-state index is 12.9. The number of carbonyl (C=O) groups excluding carboxylic acids is 1. The van der Waals surface area contributed by atoms with Crippen molar-refractivity contribution in [2.24, 2.45) is 0 Å². The molecule has 0 unspecified atom stereocenters. The van der Waals surface area contributed by atoms with Gasteiger partial charge in [-0.05, 0) is 36.2 Å². The molecule has 180 valence electrons. The molecule has 4 aromatic rings. The van der Waals surface area contributed by atoms with Gasteiger partial charge >= 0.3 is 0 Å². The van der Waals surface area contributed by atoms with Gasteiger partial charge < -0.3 is 19.5 Å². The number of fused-ring (bicyclic) bond motifs is 2.